The summed E-state index contributed by atoms with van der Waals surface area (Å²) >= 11 is 3.23. The minimum Gasteiger partial charge on any atom is -0.463 e. The van der Waals surface area contributed by atoms with Crippen LogP contribution in [0.1, 0.15) is 48.5 Å². The third-order valence-corrected chi connectivity index (χ3v) is 6.61. The summed E-state index contributed by atoms with van der Waals surface area (Å²) < 4.78 is 55.2. The van der Waals surface area contributed by atoms with Gasteiger partial charge in [0.2, 0.25) is 0 Å². The molecule has 2 aliphatic heterocycles. The van der Waals surface area contributed by atoms with Crippen molar-refractivity contribution in [3.63, 3.8) is 0 Å². The molecule has 2 aliphatic rings. The SMILES string of the molecule is CC(=O)OCC1O[C@@H](O[C@H]2C(COC(C)=O)O[C@@H](Br)C(OC(C)=O)C2OC(C)=O)C(OC(C)=O)C(OC(C)=O)[C@H]1OC(C)=O. The first-order chi connectivity index (χ1) is 20.5. The van der Waals surface area contributed by atoms with E-state index in [0.29, 0.717) is 0 Å². The largest absolute Gasteiger partial charge is 0.463 e. The van der Waals surface area contributed by atoms with Gasteiger partial charge in [-0.2, -0.15) is 0 Å². The molecule has 0 N–H and O–H groups in total. The zero-order valence-electron chi connectivity index (χ0n) is 25.0. The van der Waals surface area contributed by atoms with Crippen LogP contribution in [0.15, 0.2) is 0 Å². The maximum Gasteiger partial charge on any atom is 0.303 e. The fourth-order valence-electron chi connectivity index (χ4n) is 4.46. The minimum atomic E-state index is -1.73. The first-order valence-corrected chi connectivity index (χ1v) is 14.1. The van der Waals surface area contributed by atoms with Crippen LogP contribution >= 0.6 is 15.9 Å². The number of ether oxygens (including phenoxy) is 10. The summed E-state index contributed by atoms with van der Waals surface area (Å²) in [5.41, 5.74) is 0. The van der Waals surface area contributed by atoms with E-state index in [9.17, 15) is 33.6 Å². The van der Waals surface area contributed by atoms with Gasteiger partial charge in [0.15, 0.2) is 41.8 Å². The second kappa shape index (κ2) is 16.6. The van der Waals surface area contributed by atoms with Gasteiger partial charge in [0.05, 0.1) is 0 Å². The molecule has 0 saturated carbocycles. The third-order valence-electron chi connectivity index (χ3n) is 5.87. The summed E-state index contributed by atoms with van der Waals surface area (Å²) in [6, 6.07) is 0. The highest BCUT2D eigenvalue weighted by molar-refractivity contribution is 9.09. The van der Waals surface area contributed by atoms with Gasteiger partial charge in [0, 0.05) is 48.5 Å². The van der Waals surface area contributed by atoms with Crippen molar-refractivity contribution in [1.82, 2.24) is 0 Å². The highest BCUT2D eigenvalue weighted by Gasteiger charge is 2.57. The standard InChI is InChI=1S/C26H35BrO17/c1-10(28)35-8-17-20(21(38-13(4)31)23(25(27)42-17)40-15(6)33)44-26-24(41-16(7)34)22(39-14(5)32)19(37-12(3)30)18(43-26)9-36-11(2)29/h17-26H,8-9H2,1-7H3/t17?,18?,19-,20-,21?,22?,23?,24?,25+,26-/m0/s1. The van der Waals surface area contributed by atoms with Crippen LogP contribution in [0.2, 0.25) is 0 Å². The molecule has 2 heterocycles. The molecule has 18 heteroatoms. The lowest BCUT2D eigenvalue weighted by atomic mass is 9.96. The van der Waals surface area contributed by atoms with Crippen LogP contribution in [0.3, 0.4) is 0 Å². The topological polar surface area (TPSA) is 212 Å². The molecule has 44 heavy (non-hydrogen) atoms. The maximum absolute atomic E-state index is 12.2. The molecule has 0 bridgehead atoms. The van der Waals surface area contributed by atoms with Crippen molar-refractivity contribution in [3.05, 3.63) is 0 Å². The van der Waals surface area contributed by atoms with Gasteiger partial charge >= 0.3 is 41.8 Å². The first kappa shape index (κ1) is 36.8. The Bertz CT molecular complexity index is 1090. The second-order valence-corrected chi connectivity index (χ2v) is 10.5. The number of halogens is 1. The van der Waals surface area contributed by atoms with Gasteiger partial charge < -0.3 is 47.4 Å². The molecule has 0 aromatic heterocycles. The Balaban J connectivity index is 2.66. The quantitative estimate of drug-likeness (QED) is 0.158. The Labute approximate surface area is 260 Å². The van der Waals surface area contributed by atoms with Gasteiger partial charge in [-0.25, -0.2) is 0 Å². The lowest BCUT2D eigenvalue weighted by Gasteiger charge is -2.48. The maximum atomic E-state index is 12.2. The molecular weight excluding hydrogens is 664 g/mol. The van der Waals surface area contributed by atoms with Crippen LogP contribution < -0.4 is 0 Å². The Morgan fingerprint density at radius 2 is 0.841 bits per heavy atom. The monoisotopic (exact) mass is 698 g/mol. The Morgan fingerprint density at radius 3 is 1.27 bits per heavy atom. The second-order valence-electron chi connectivity index (χ2n) is 9.64. The summed E-state index contributed by atoms with van der Waals surface area (Å²) in [5, 5.41) is -1.09. The highest BCUT2D eigenvalue weighted by Crippen LogP contribution is 2.36. The van der Waals surface area contributed by atoms with Crippen molar-refractivity contribution in [2.75, 3.05) is 13.2 Å². The van der Waals surface area contributed by atoms with Gasteiger partial charge in [-0.05, 0) is 0 Å². The van der Waals surface area contributed by atoms with E-state index in [1.54, 1.807) is 0 Å². The predicted molar refractivity (Wildman–Crippen MR) is 142 cm³/mol. The molecule has 0 spiro atoms. The van der Waals surface area contributed by atoms with E-state index in [-0.39, 0.29) is 0 Å². The molecule has 0 radical (unpaired) electrons. The molecule has 10 atom stereocenters. The van der Waals surface area contributed by atoms with Crippen molar-refractivity contribution >= 4 is 57.7 Å². The van der Waals surface area contributed by atoms with Gasteiger partial charge in [0.1, 0.15) is 31.5 Å². The number of carbonyl (C=O) groups excluding carboxylic acids is 7. The van der Waals surface area contributed by atoms with Crippen LogP contribution in [0.5, 0.6) is 0 Å². The number of esters is 7. The molecule has 2 fully saturated rings. The molecule has 2 rings (SSSR count). The lowest BCUT2D eigenvalue weighted by Crippen LogP contribution is -2.66. The van der Waals surface area contributed by atoms with Crippen LogP contribution in [-0.4, -0.2) is 115 Å². The number of alkyl halides is 1. The molecule has 2 saturated heterocycles. The molecule has 0 aliphatic carbocycles. The van der Waals surface area contributed by atoms with Gasteiger partial charge in [-0.1, -0.05) is 15.9 Å². The highest BCUT2D eigenvalue weighted by atomic mass is 79.9. The van der Waals surface area contributed by atoms with E-state index in [0.717, 1.165) is 48.5 Å². The van der Waals surface area contributed by atoms with E-state index >= 15 is 0 Å². The Morgan fingerprint density at radius 1 is 0.477 bits per heavy atom. The van der Waals surface area contributed by atoms with Crippen molar-refractivity contribution in [2.24, 2.45) is 0 Å². The normalized spacial score (nSPS) is 31.5. The molecule has 17 nitrogen and oxygen atoms in total. The van der Waals surface area contributed by atoms with E-state index in [4.69, 9.17) is 47.4 Å². The molecule has 0 amide bonds. The summed E-state index contributed by atoms with van der Waals surface area (Å²) in [6.07, 6.45) is -13.2. The zero-order chi connectivity index (χ0) is 33.3. The number of rotatable bonds is 11. The van der Waals surface area contributed by atoms with Crippen molar-refractivity contribution in [1.29, 1.82) is 0 Å². The number of hydrogen-bond donors (Lipinski definition) is 0. The lowest BCUT2D eigenvalue weighted by molar-refractivity contribution is -0.341. The van der Waals surface area contributed by atoms with Crippen LogP contribution in [0.25, 0.3) is 0 Å². The van der Waals surface area contributed by atoms with E-state index in [1.165, 1.54) is 0 Å². The molecule has 0 aromatic rings. The van der Waals surface area contributed by atoms with E-state index < -0.39 is 115 Å². The van der Waals surface area contributed by atoms with Gasteiger partial charge in [-0.15, -0.1) is 0 Å². The van der Waals surface area contributed by atoms with Crippen molar-refractivity contribution in [3.8, 4) is 0 Å². The van der Waals surface area contributed by atoms with E-state index in [1.807, 2.05) is 0 Å². The van der Waals surface area contributed by atoms with Crippen LogP contribution in [0, 0.1) is 0 Å². The van der Waals surface area contributed by atoms with Gasteiger partial charge in [0.25, 0.3) is 0 Å². The van der Waals surface area contributed by atoms with Gasteiger partial charge in [-0.3, -0.25) is 33.6 Å². The third kappa shape index (κ3) is 11.0. The van der Waals surface area contributed by atoms with Crippen LogP contribution in [-0.2, 0) is 80.9 Å². The molecular formula is C26H35BrO17. The van der Waals surface area contributed by atoms with E-state index in [2.05, 4.69) is 15.9 Å². The minimum absolute atomic E-state index is 0.460. The number of hydrogen-bond acceptors (Lipinski definition) is 17. The zero-order valence-corrected chi connectivity index (χ0v) is 26.6. The number of carbonyl (C=O) groups is 7. The molecule has 248 valence electrons. The Kier molecular flexibility index (Phi) is 13.9. The predicted octanol–water partition coefficient (Wildman–Crippen LogP) is 0.00100. The average molecular weight is 699 g/mol. The summed E-state index contributed by atoms with van der Waals surface area (Å²) in [7, 11) is 0. The molecule has 0 aromatic carbocycles. The summed E-state index contributed by atoms with van der Waals surface area (Å²) in [5.74, 6) is -5.63. The fraction of sp³-hybridized carbons (Fsp3) is 0.731. The first-order valence-electron chi connectivity index (χ1n) is 13.2. The van der Waals surface area contributed by atoms with Crippen molar-refractivity contribution < 1.29 is 80.9 Å². The smallest absolute Gasteiger partial charge is 0.303 e. The Hall–Kier alpha value is -3.35. The summed E-state index contributed by atoms with van der Waals surface area (Å²) in [6.45, 7) is 6.57. The van der Waals surface area contributed by atoms with Crippen molar-refractivity contribution in [2.45, 2.75) is 109 Å². The fourth-order valence-corrected chi connectivity index (χ4v) is 5.15. The summed E-state index contributed by atoms with van der Waals surface area (Å²) in [4.78, 5) is 83.8. The molecule has 6 unspecified atom stereocenters. The van der Waals surface area contributed by atoms with Crippen LogP contribution in [0.4, 0.5) is 0 Å². The average Bonchev–Trinajstić information content (AvgIpc) is 2.87.